The minimum atomic E-state index is -0.265. The summed E-state index contributed by atoms with van der Waals surface area (Å²) in [5.41, 5.74) is 8.38. The molecule has 2 nitrogen and oxygen atoms in total. The molecular formula is C12H11Br2NO. The van der Waals surface area contributed by atoms with Gasteiger partial charge < -0.3 is 10.2 Å². The van der Waals surface area contributed by atoms with Crippen molar-refractivity contribution in [2.24, 2.45) is 5.73 Å². The molecule has 0 aliphatic rings. The SMILES string of the molecule is Cc1ccc(Br)c(C(N)c2occc2Br)c1. The van der Waals surface area contributed by atoms with Crippen molar-refractivity contribution in [1.29, 1.82) is 0 Å². The molecular weight excluding hydrogens is 334 g/mol. The van der Waals surface area contributed by atoms with Gasteiger partial charge >= 0.3 is 0 Å². The van der Waals surface area contributed by atoms with Gasteiger partial charge in [-0.15, -0.1) is 0 Å². The van der Waals surface area contributed by atoms with Crippen LogP contribution >= 0.6 is 31.9 Å². The first-order valence-corrected chi connectivity index (χ1v) is 6.42. The number of nitrogens with two attached hydrogens (primary N) is 1. The maximum Gasteiger partial charge on any atom is 0.139 e. The molecule has 0 aliphatic carbocycles. The Balaban J connectivity index is 2.45. The molecule has 2 N–H and O–H groups in total. The minimum Gasteiger partial charge on any atom is -0.466 e. The molecule has 4 heteroatoms. The second-order valence-electron chi connectivity index (χ2n) is 3.64. The third-order valence-corrected chi connectivity index (χ3v) is 3.79. The maximum atomic E-state index is 6.18. The van der Waals surface area contributed by atoms with Gasteiger partial charge in [0.1, 0.15) is 5.76 Å². The third kappa shape index (κ3) is 2.24. The van der Waals surface area contributed by atoms with Crippen LogP contribution < -0.4 is 5.73 Å². The molecule has 0 saturated heterocycles. The summed E-state index contributed by atoms with van der Waals surface area (Å²) in [5.74, 6) is 0.742. The van der Waals surface area contributed by atoms with Crippen molar-refractivity contribution in [1.82, 2.24) is 0 Å². The Bertz CT molecular complexity index is 507. The standard InChI is InChI=1S/C12H11Br2NO/c1-7-2-3-9(13)8(6-7)11(15)12-10(14)4-5-16-12/h2-6,11H,15H2,1H3. The van der Waals surface area contributed by atoms with Gasteiger partial charge in [-0.3, -0.25) is 0 Å². The van der Waals surface area contributed by atoms with Crippen LogP contribution in [-0.2, 0) is 0 Å². The summed E-state index contributed by atoms with van der Waals surface area (Å²) in [6.45, 7) is 2.04. The lowest BCUT2D eigenvalue weighted by atomic mass is 10.0. The number of aryl methyl sites for hydroxylation is 1. The van der Waals surface area contributed by atoms with Gasteiger partial charge in [0.25, 0.3) is 0 Å². The van der Waals surface area contributed by atoms with E-state index in [0.29, 0.717) is 0 Å². The van der Waals surface area contributed by atoms with Crippen LogP contribution in [0.2, 0.25) is 0 Å². The fourth-order valence-corrected chi connectivity index (χ4v) is 2.51. The topological polar surface area (TPSA) is 39.2 Å². The lowest BCUT2D eigenvalue weighted by Crippen LogP contribution is -2.12. The molecule has 84 valence electrons. The largest absolute Gasteiger partial charge is 0.466 e. The first-order chi connectivity index (χ1) is 7.59. The zero-order valence-corrected chi connectivity index (χ0v) is 11.9. The first-order valence-electron chi connectivity index (χ1n) is 4.84. The van der Waals surface area contributed by atoms with Crippen LogP contribution in [0.1, 0.15) is 22.9 Å². The normalized spacial score (nSPS) is 12.8. The second-order valence-corrected chi connectivity index (χ2v) is 5.34. The van der Waals surface area contributed by atoms with Crippen molar-refractivity contribution < 1.29 is 4.42 Å². The van der Waals surface area contributed by atoms with Gasteiger partial charge in [-0.05, 0) is 40.5 Å². The van der Waals surface area contributed by atoms with Crippen molar-refractivity contribution in [3.63, 3.8) is 0 Å². The zero-order valence-electron chi connectivity index (χ0n) is 8.71. The predicted octanol–water partition coefficient (Wildman–Crippen LogP) is 4.16. The van der Waals surface area contributed by atoms with Gasteiger partial charge in [-0.2, -0.15) is 0 Å². The Morgan fingerprint density at radius 3 is 2.56 bits per heavy atom. The lowest BCUT2D eigenvalue weighted by molar-refractivity contribution is 0.487. The van der Waals surface area contributed by atoms with E-state index in [4.69, 9.17) is 10.2 Å². The number of furan rings is 1. The van der Waals surface area contributed by atoms with Gasteiger partial charge in [0.2, 0.25) is 0 Å². The van der Waals surface area contributed by atoms with Gasteiger partial charge in [0, 0.05) is 4.47 Å². The van der Waals surface area contributed by atoms with E-state index in [2.05, 4.69) is 37.9 Å². The summed E-state index contributed by atoms with van der Waals surface area (Å²) >= 11 is 6.92. The van der Waals surface area contributed by atoms with Crippen LogP contribution in [0.4, 0.5) is 0 Å². The number of rotatable bonds is 2. The van der Waals surface area contributed by atoms with E-state index in [1.54, 1.807) is 6.26 Å². The summed E-state index contributed by atoms with van der Waals surface area (Å²) < 4.78 is 7.27. The average molecular weight is 345 g/mol. The molecule has 0 radical (unpaired) electrons. The third-order valence-electron chi connectivity index (χ3n) is 2.41. The fraction of sp³-hybridized carbons (Fsp3) is 0.167. The highest BCUT2D eigenvalue weighted by molar-refractivity contribution is 9.10. The molecule has 2 rings (SSSR count). The van der Waals surface area contributed by atoms with E-state index in [-0.39, 0.29) is 6.04 Å². The molecule has 0 saturated carbocycles. The summed E-state index contributed by atoms with van der Waals surface area (Å²) in [4.78, 5) is 0. The zero-order chi connectivity index (χ0) is 11.7. The van der Waals surface area contributed by atoms with Crippen molar-refractivity contribution in [3.05, 3.63) is 56.4 Å². The minimum absolute atomic E-state index is 0.265. The molecule has 1 atom stereocenters. The summed E-state index contributed by atoms with van der Waals surface area (Å²) in [5, 5.41) is 0. The molecule has 0 fully saturated rings. The summed E-state index contributed by atoms with van der Waals surface area (Å²) in [6.07, 6.45) is 1.63. The molecule has 0 spiro atoms. The fourth-order valence-electron chi connectivity index (χ4n) is 1.57. The number of hydrogen-bond donors (Lipinski definition) is 1. The van der Waals surface area contributed by atoms with Crippen LogP contribution in [0.25, 0.3) is 0 Å². The van der Waals surface area contributed by atoms with Gasteiger partial charge in [0.05, 0.1) is 16.8 Å². The van der Waals surface area contributed by atoms with Crippen LogP contribution in [0.15, 0.2) is 43.9 Å². The molecule has 2 aromatic rings. The highest BCUT2D eigenvalue weighted by atomic mass is 79.9. The average Bonchev–Trinajstić information content (AvgIpc) is 2.67. The lowest BCUT2D eigenvalue weighted by Gasteiger charge is -2.13. The van der Waals surface area contributed by atoms with E-state index in [1.165, 1.54) is 5.56 Å². The van der Waals surface area contributed by atoms with Crippen LogP contribution in [0.5, 0.6) is 0 Å². The van der Waals surface area contributed by atoms with E-state index < -0.39 is 0 Å². The van der Waals surface area contributed by atoms with Crippen LogP contribution in [0, 0.1) is 6.92 Å². The van der Waals surface area contributed by atoms with E-state index >= 15 is 0 Å². The van der Waals surface area contributed by atoms with Crippen molar-refractivity contribution in [2.45, 2.75) is 13.0 Å². The van der Waals surface area contributed by atoms with Crippen molar-refractivity contribution >= 4 is 31.9 Å². The Labute approximate surface area is 111 Å². The molecule has 1 heterocycles. The molecule has 16 heavy (non-hydrogen) atoms. The summed E-state index contributed by atoms with van der Waals surface area (Å²) in [6, 6.07) is 7.68. The van der Waals surface area contributed by atoms with E-state index in [9.17, 15) is 0 Å². The van der Waals surface area contributed by atoms with Crippen molar-refractivity contribution in [3.8, 4) is 0 Å². The monoisotopic (exact) mass is 343 g/mol. The van der Waals surface area contributed by atoms with E-state index in [0.717, 1.165) is 20.3 Å². The Hall–Kier alpha value is -0.580. The molecule has 1 aromatic carbocycles. The molecule has 0 bridgehead atoms. The molecule has 1 unspecified atom stereocenters. The van der Waals surface area contributed by atoms with Gasteiger partial charge in [-0.1, -0.05) is 33.6 Å². The van der Waals surface area contributed by atoms with Gasteiger partial charge in [-0.25, -0.2) is 0 Å². The Morgan fingerprint density at radius 1 is 1.19 bits per heavy atom. The second kappa shape index (κ2) is 4.73. The Kier molecular flexibility index (Phi) is 3.52. The highest BCUT2D eigenvalue weighted by Crippen LogP contribution is 2.32. The number of halogens is 2. The van der Waals surface area contributed by atoms with Crippen LogP contribution in [-0.4, -0.2) is 0 Å². The predicted molar refractivity (Wildman–Crippen MR) is 71.3 cm³/mol. The molecule has 0 amide bonds. The number of benzene rings is 1. The van der Waals surface area contributed by atoms with E-state index in [1.807, 2.05) is 25.1 Å². The quantitative estimate of drug-likeness (QED) is 0.888. The maximum absolute atomic E-state index is 6.18. The summed E-state index contributed by atoms with van der Waals surface area (Å²) in [7, 11) is 0. The number of hydrogen-bond acceptors (Lipinski definition) is 2. The first kappa shape index (κ1) is 11.9. The van der Waals surface area contributed by atoms with Crippen molar-refractivity contribution in [2.75, 3.05) is 0 Å². The Morgan fingerprint density at radius 2 is 1.94 bits per heavy atom. The molecule has 1 aromatic heterocycles. The van der Waals surface area contributed by atoms with Crippen LogP contribution in [0.3, 0.4) is 0 Å². The highest BCUT2D eigenvalue weighted by Gasteiger charge is 2.17. The smallest absolute Gasteiger partial charge is 0.139 e. The molecule has 0 aliphatic heterocycles. The van der Waals surface area contributed by atoms with Gasteiger partial charge in [0.15, 0.2) is 0 Å².